The number of aryl methyl sites for hydroxylation is 2. The molecule has 3 unspecified atom stereocenters. The number of hydrogen-bond donors (Lipinski definition) is 2. The van der Waals surface area contributed by atoms with Gasteiger partial charge in [-0.05, 0) is 51.7 Å². The van der Waals surface area contributed by atoms with Crippen molar-refractivity contribution in [2.24, 2.45) is 5.92 Å². The van der Waals surface area contributed by atoms with Gasteiger partial charge >= 0.3 is 17.6 Å². The van der Waals surface area contributed by atoms with Crippen LogP contribution in [0.3, 0.4) is 0 Å². The highest BCUT2D eigenvalue weighted by Gasteiger charge is 2.32. The molecule has 2 rings (SSSR count). The van der Waals surface area contributed by atoms with Gasteiger partial charge in [-0.15, -0.1) is 0 Å². The summed E-state index contributed by atoms with van der Waals surface area (Å²) in [6, 6.07) is 6.42. The Morgan fingerprint density at radius 1 is 1.15 bits per heavy atom. The molecule has 0 saturated heterocycles. The smallest absolute Gasteiger partial charge is 0.328 e. The normalized spacial score (nSPS) is 13.8. The monoisotopic (exact) mass is 458 g/mol. The van der Waals surface area contributed by atoms with E-state index < -0.39 is 35.5 Å². The van der Waals surface area contributed by atoms with Crippen LogP contribution in [0.1, 0.15) is 67.7 Å². The molecule has 1 aromatic carbocycles. The van der Waals surface area contributed by atoms with E-state index in [-0.39, 0.29) is 28.9 Å². The molecule has 0 bridgehead atoms. The predicted octanol–water partition coefficient (Wildman–Crippen LogP) is 3.53. The minimum atomic E-state index is -1.04. The van der Waals surface area contributed by atoms with Gasteiger partial charge in [0, 0.05) is 12.0 Å². The molecule has 0 saturated carbocycles. The largest absolute Gasteiger partial charge is 0.618 e. The third-order valence-corrected chi connectivity index (χ3v) is 5.57. The number of nitrogens with one attached hydrogen (secondary N) is 1. The Balaban J connectivity index is 2.15. The number of aromatic hydroxyl groups is 1. The molecular formula is C25H34N2O6. The van der Waals surface area contributed by atoms with Crippen molar-refractivity contribution in [3.63, 3.8) is 0 Å². The average molecular weight is 459 g/mol. The van der Waals surface area contributed by atoms with Crippen LogP contribution in [0.4, 0.5) is 0 Å². The van der Waals surface area contributed by atoms with Gasteiger partial charge in [0.15, 0.2) is 11.9 Å². The Morgan fingerprint density at radius 3 is 2.39 bits per heavy atom. The van der Waals surface area contributed by atoms with Crippen molar-refractivity contribution in [2.75, 3.05) is 6.61 Å². The van der Waals surface area contributed by atoms with E-state index in [0.717, 1.165) is 22.9 Å². The lowest BCUT2D eigenvalue weighted by atomic mass is 9.82. The zero-order valence-corrected chi connectivity index (χ0v) is 20.3. The summed E-state index contributed by atoms with van der Waals surface area (Å²) < 4.78 is 11.2. The third-order valence-electron chi connectivity index (χ3n) is 5.57. The molecule has 8 heteroatoms. The van der Waals surface area contributed by atoms with E-state index in [2.05, 4.69) is 31.3 Å². The number of carbonyl (C=O) groups excluding carboxylic acids is 2. The second kappa shape index (κ2) is 11.0. The highest BCUT2D eigenvalue weighted by atomic mass is 16.5. The molecule has 1 aromatic heterocycles. The lowest BCUT2D eigenvalue weighted by molar-refractivity contribution is -0.608. The molecule has 8 nitrogen and oxygen atoms in total. The van der Waals surface area contributed by atoms with Gasteiger partial charge in [0.25, 0.3) is 0 Å². The first-order valence-electron chi connectivity index (χ1n) is 11.1. The molecule has 2 N–H and O–H groups in total. The second-order valence-electron chi connectivity index (χ2n) is 8.60. The Hall–Kier alpha value is -3.29. The Morgan fingerprint density at radius 2 is 1.82 bits per heavy atom. The maximum absolute atomic E-state index is 12.7. The molecule has 0 fully saturated rings. The topological polar surface area (TPSA) is 112 Å². The summed E-state index contributed by atoms with van der Waals surface area (Å²) in [6.45, 7) is 13.5. The average Bonchev–Trinajstić information content (AvgIpc) is 2.71. The first-order valence-corrected chi connectivity index (χ1v) is 11.1. The molecule has 0 aliphatic rings. The van der Waals surface area contributed by atoms with Crippen molar-refractivity contribution < 1.29 is 28.9 Å². The molecule has 0 aliphatic carbocycles. The van der Waals surface area contributed by atoms with Crippen LogP contribution >= 0.6 is 0 Å². The standard InChI is InChI=1S/C25H34N2O6/c1-8-32-20-11-12-27(31)22(23(20)28)24(29)26-17(6)25(30)33-18(7)21(14(2)3)19-10-9-15(4)13-16(19)5/h9-14,17-18,21,28H,8H2,1-7H3,(H,26,29). The van der Waals surface area contributed by atoms with E-state index in [1.165, 1.54) is 13.0 Å². The SMILES string of the molecule is CCOc1cc[n+]([O-])c(C(=O)NC(C)C(=O)OC(C)C(c2ccc(C)cc2C)C(C)C)c1O. The summed E-state index contributed by atoms with van der Waals surface area (Å²) in [4.78, 5) is 25.4. The Kier molecular flexibility index (Phi) is 8.68. The van der Waals surface area contributed by atoms with E-state index in [1.54, 1.807) is 6.92 Å². The maximum atomic E-state index is 12.7. The first kappa shape index (κ1) is 26.0. The molecule has 0 aliphatic heterocycles. The van der Waals surface area contributed by atoms with Gasteiger partial charge in [0.2, 0.25) is 5.75 Å². The van der Waals surface area contributed by atoms with Crippen LogP contribution in [0.5, 0.6) is 11.5 Å². The molecule has 2 aromatic rings. The van der Waals surface area contributed by atoms with Gasteiger partial charge in [-0.2, -0.15) is 4.73 Å². The third kappa shape index (κ3) is 6.15. The van der Waals surface area contributed by atoms with E-state index in [9.17, 15) is 19.9 Å². The van der Waals surface area contributed by atoms with Crippen molar-refractivity contribution in [1.82, 2.24) is 5.32 Å². The van der Waals surface area contributed by atoms with Gasteiger partial charge in [-0.25, -0.2) is 4.79 Å². The number of ether oxygens (including phenoxy) is 2. The number of aromatic nitrogens is 1. The number of amides is 1. The molecule has 1 heterocycles. The van der Waals surface area contributed by atoms with Gasteiger partial charge in [-0.3, -0.25) is 4.79 Å². The van der Waals surface area contributed by atoms with Crippen LogP contribution in [0.15, 0.2) is 30.5 Å². The van der Waals surface area contributed by atoms with E-state index in [0.29, 0.717) is 0 Å². The summed E-state index contributed by atoms with van der Waals surface area (Å²) in [5, 5.41) is 24.7. The lowest BCUT2D eigenvalue weighted by Gasteiger charge is -2.30. The predicted molar refractivity (Wildman–Crippen MR) is 124 cm³/mol. The number of carbonyl (C=O) groups is 2. The van der Waals surface area contributed by atoms with Crippen LogP contribution in [-0.2, 0) is 9.53 Å². The van der Waals surface area contributed by atoms with Crippen LogP contribution in [0.25, 0.3) is 0 Å². The number of benzene rings is 1. The number of hydrogen-bond acceptors (Lipinski definition) is 6. The fraction of sp³-hybridized carbons (Fsp3) is 0.480. The van der Waals surface area contributed by atoms with Crippen LogP contribution in [0, 0.1) is 25.0 Å². The highest BCUT2D eigenvalue weighted by Crippen LogP contribution is 2.32. The first-order chi connectivity index (χ1) is 15.5. The highest BCUT2D eigenvalue weighted by molar-refractivity contribution is 5.96. The van der Waals surface area contributed by atoms with Gasteiger partial charge < -0.3 is 25.1 Å². The van der Waals surface area contributed by atoms with Crippen LogP contribution in [0.2, 0.25) is 0 Å². The summed E-state index contributed by atoms with van der Waals surface area (Å²) in [5.41, 5.74) is 2.84. The number of rotatable bonds is 9. The van der Waals surface area contributed by atoms with Gasteiger partial charge in [0.1, 0.15) is 12.1 Å². The fourth-order valence-electron chi connectivity index (χ4n) is 4.03. The zero-order valence-electron chi connectivity index (χ0n) is 20.3. The van der Waals surface area contributed by atoms with Crippen molar-refractivity contribution in [2.45, 2.75) is 66.5 Å². The molecule has 0 radical (unpaired) electrons. The quantitative estimate of drug-likeness (QED) is 0.338. The minimum absolute atomic E-state index is 0.00634. The molecule has 0 spiro atoms. The molecule has 180 valence electrons. The van der Waals surface area contributed by atoms with Crippen LogP contribution < -0.4 is 14.8 Å². The van der Waals surface area contributed by atoms with Gasteiger partial charge in [-0.1, -0.05) is 37.6 Å². The van der Waals surface area contributed by atoms with Crippen molar-refractivity contribution >= 4 is 11.9 Å². The van der Waals surface area contributed by atoms with E-state index in [4.69, 9.17) is 9.47 Å². The molecule has 1 amide bonds. The Labute approximate surface area is 195 Å². The molecule has 3 atom stereocenters. The number of pyridine rings is 1. The summed E-state index contributed by atoms with van der Waals surface area (Å²) in [5.74, 6) is -1.95. The van der Waals surface area contributed by atoms with Crippen molar-refractivity contribution in [3.8, 4) is 11.5 Å². The maximum Gasteiger partial charge on any atom is 0.328 e. The van der Waals surface area contributed by atoms with Crippen LogP contribution in [-0.4, -0.2) is 35.7 Å². The summed E-state index contributed by atoms with van der Waals surface area (Å²) in [7, 11) is 0. The van der Waals surface area contributed by atoms with E-state index >= 15 is 0 Å². The summed E-state index contributed by atoms with van der Waals surface area (Å²) in [6.07, 6.45) is 0.611. The van der Waals surface area contributed by atoms with Crippen molar-refractivity contribution in [3.05, 3.63) is 58.1 Å². The zero-order chi connectivity index (χ0) is 24.9. The Bertz CT molecular complexity index is 1000. The van der Waals surface area contributed by atoms with Gasteiger partial charge in [0.05, 0.1) is 6.61 Å². The fourth-order valence-corrected chi connectivity index (χ4v) is 4.03. The number of esters is 1. The molecular weight excluding hydrogens is 424 g/mol. The van der Waals surface area contributed by atoms with E-state index in [1.807, 2.05) is 26.8 Å². The second-order valence-corrected chi connectivity index (χ2v) is 8.60. The molecule has 33 heavy (non-hydrogen) atoms. The minimum Gasteiger partial charge on any atom is -0.618 e. The van der Waals surface area contributed by atoms with Crippen molar-refractivity contribution in [1.29, 1.82) is 0 Å². The lowest BCUT2D eigenvalue weighted by Crippen LogP contribution is -2.46. The number of nitrogens with zero attached hydrogens (tertiary/aromatic N) is 1. The summed E-state index contributed by atoms with van der Waals surface area (Å²) >= 11 is 0.